The van der Waals surface area contributed by atoms with Gasteiger partial charge < -0.3 is 9.05 Å². The number of carbonyl (C=O) groups excluding carboxylic acids is 1. The van der Waals surface area contributed by atoms with Crippen molar-refractivity contribution in [3.63, 3.8) is 0 Å². The van der Waals surface area contributed by atoms with Crippen LogP contribution in [0.15, 0.2) is 30.3 Å². The van der Waals surface area contributed by atoms with E-state index in [4.69, 9.17) is 9.05 Å². The van der Waals surface area contributed by atoms with Crippen LogP contribution in [-0.2, 0) is 18.4 Å². The summed E-state index contributed by atoms with van der Waals surface area (Å²) in [6.45, 7) is 5.38. The molecule has 1 aromatic carbocycles. The highest BCUT2D eigenvalue weighted by atomic mass is 31.2. The molecule has 0 radical (unpaired) electrons. The largest absolute Gasteiger partial charge is 0.341 e. The highest BCUT2D eigenvalue weighted by molar-refractivity contribution is 7.55. The second-order valence-electron chi connectivity index (χ2n) is 4.03. The molecule has 0 bridgehead atoms. The van der Waals surface area contributed by atoms with E-state index >= 15 is 0 Å². The molecular formula is C15H19O4P. The summed E-state index contributed by atoms with van der Waals surface area (Å²) < 4.78 is 22.7. The number of ketones is 1. The van der Waals surface area contributed by atoms with Crippen molar-refractivity contribution in [2.45, 2.75) is 26.4 Å². The van der Waals surface area contributed by atoms with E-state index < -0.39 is 19.0 Å². The molecule has 0 aliphatic heterocycles. The van der Waals surface area contributed by atoms with E-state index in [2.05, 4.69) is 11.8 Å². The van der Waals surface area contributed by atoms with Crippen LogP contribution < -0.4 is 0 Å². The third-order valence-electron chi connectivity index (χ3n) is 2.58. The molecule has 0 fully saturated rings. The minimum Gasteiger partial charge on any atom is -0.308 e. The van der Waals surface area contributed by atoms with E-state index in [1.165, 1.54) is 6.92 Å². The molecule has 5 heteroatoms. The summed E-state index contributed by atoms with van der Waals surface area (Å²) in [5.41, 5.74) is -0.158. The van der Waals surface area contributed by atoms with Crippen LogP contribution in [0, 0.1) is 11.8 Å². The van der Waals surface area contributed by atoms with Gasteiger partial charge in [0.05, 0.1) is 13.2 Å². The lowest BCUT2D eigenvalue weighted by Crippen LogP contribution is -2.19. The summed E-state index contributed by atoms with van der Waals surface area (Å²) in [5.74, 6) is 4.80. The molecule has 20 heavy (non-hydrogen) atoms. The molecular weight excluding hydrogens is 275 g/mol. The Morgan fingerprint density at radius 3 is 2.25 bits per heavy atom. The molecule has 0 amide bonds. The Bertz CT molecular complexity index is 532. The van der Waals surface area contributed by atoms with Crippen LogP contribution >= 0.6 is 7.60 Å². The Balaban J connectivity index is 2.85. The number of benzene rings is 1. The topological polar surface area (TPSA) is 52.6 Å². The van der Waals surface area contributed by atoms with E-state index in [1.807, 2.05) is 18.2 Å². The first-order valence-corrected chi connectivity index (χ1v) is 8.14. The first-order valence-electron chi connectivity index (χ1n) is 6.53. The quantitative estimate of drug-likeness (QED) is 0.597. The molecule has 0 saturated carbocycles. The fourth-order valence-corrected chi connectivity index (χ4v) is 3.12. The molecule has 0 saturated heterocycles. The minimum absolute atomic E-state index is 0.223. The van der Waals surface area contributed by atoms with Crippen LogP contribution in [0.2, 0.25) is 0 Å². The monoisotopic (exact) mass is 294 g/mol. The van der Waals surface area contributed by atoms with Crippen LogP contribution in [0.5, 0.6) is 0 Å². The molecule has 4 nitrogen and oxygen atoms in total. The average Bonchev–Trinajstić information content (AvgIpc) is 2.45. The predicted octanol–water partition coefficient (Wildman–Crippen LogP) is 3.26. The summed E-state index contributed by atoms with van der Waals surface area (Å²) in [7, 11) is -3.44. The predicted molar refractivity (Wildman–Crippen MR) is 78.6 cm³/mol. The SMILES string of the molecule is CCOP(=O)(OCC)C(C)C(=O)C#Cc1ccccc1. The third-order valence-corrected chi connectivity index (χ3v) is 5.00. The summed E-state index contributed by atoms with van der Waals surface area (Å²) in [4.78, 5) is 12.0. The highest BCUT2D eigenvalue weighted by Crippen LogP contribution is 2.53. The maximum Gasteiger partial charge on any atom is 0.341 e. The van der Waals surface area contributed by atoms with Gasteiger partial charge in [-0.1, -0.05) is 24.1 Å². The lowest BCUT2D eigenvalue weighted by Gasteiger charge is -2.20. The summed E-state index contributed by atoms with van der Waals surface area (Å²) in [5, 5.41) is 0. The zero-order valence-corrected chi connectivity index (χ0v) is 12.9. The van der Waals surface area contributed by atoms with Crippen molar-refractivity contribution in [2.75, 3.05) is 13.2 Å². The van der Waals surface area contributed by atoms with Crippen LogP contribution in [0.1, 0.15) is 26.3 Å². The van der Waals surface area contributed by atoms with E-state index in [0.29, 0.717) is 0 Å². The number of carbonyl (C=O) groups is 1. The molecule has 0 aromatic heterocycles. The molecule has 0 N–H and O–H groups in total. The molecule has 1 aromatic rings. The second-order valence-corrected chi connectivity index (χ2v) is 6.40. The van der Waals surface area contributed by atoms with E-state index in [9.17, 15) is 9.36 Å². The van der Waals surface area contributed by atoms with Gasteiger partial charge in [-0.05, 0) is 38.8 Å². The smallest absolute Gasteiger partial charge is 0.308 e. The van der Waals surface area contributed by atoms with Crippen molar-refractivity contribution < 1.29 is 18.4 Å². The van der Waals surface area contributed by atoms with Gasteiger partial charge in [0.1, 0.15) is 5.66 Å². The Hall–Kier alpha value is -1.40. The molecule has 1 atom stereocenters. The standard InChI is InChI=1S/C15H19O4P/c1-4-18-20(17,19-5-2)13(3)15(16)12-11-14-9-7-6-8-10-14/h6-10,13H,4-5H2,1-3H3. The van der Waals surface area contributed by atoms with Gasteiger partial charge in [0.15, 0.2) is 0 Å². The van der Waals surface area contributed by atoms with Crippen molar-refractivity contribution >= 4 is 13.4 Å². The second kappa shape index (κ2) is 8.01. The molecule has 1 unspecified atom stereocenters. The fourth-order valence-electron chi connectivity index (χ4n) is 1.52. The van der Waals surface area contributed by atoms with Gasteiger partial charge in [-0.2, -0.15) is 0 Å². The van der Waals surface area contributed by atoms with Gasteiger partial charge in [-0.15, -0.1) is 0 Å². The van der Waals surface area contributed by atoms with Gasteiger partial charge in [0, 0.05) is 5.56 Å². The van der Waals surface area contributed by atoms with Crippen molar-refractivity contribution in [3.05, 3.63) is 35.9 Å². The summed E-state index contributed by atoms with van der Waals surface area (Å²) in [6, 6.07) is 9.14. The number of hydrogen-bond donors (Lipinski definition) is 0. The lowest BCUT2D eigenvalue weighted by molar-refractivity contribution is -0.113. The van der Waals surface area contributed by atoms with Crippen molar-refractivity contribution in [1.29, 1.82) is 0 Å². The minimum atomic E-state index is -3.44. The zero-order chi connectivity index (χ0) is 15.0. The van der Waals surface area contributed by atoms with Crippen LogP contribution in [-0.4, -0.2) is 24.7 Å². The first kappa shape index (κ1) is 16.7. The highest BCUT2D eigenvalue weighted by Gasteiger charge is 2.36. The average molecular weight is 294 g/mol. The van der Waals surface area contributed by atoms with Crippen LogP contribution in [0.25, 0.3) is 0 Å². The Morgan fingerprint density at radius 2 is 1.75 bits per heavy atom. The van der Waals surface area contributed by atoms with Crippen molar-refractivity contribution in [2.24, 2.45) is 0 Å². The van der Waals surface area contributed by atoms with Gasteiger partial charge >= 0.3 is 7.60 Å². The van der Waals surface area contributed by atoms with Crippen LogP contribution in [0.3, 0.4) is 0 Å². The summed E-state index contributed by atoms with van der Waals surface area (Å²) in [6.07, 6.45) is 0. The first-order chi connectivity index (χ1) is 9.53. The van der Waals surface area contributed by atoms with Crippen molar-refractivity contribution in [1.82, 2.24) is 0 Å². The lowest BCUT2D eigenvalue weighted by atomic mass is 10.2. The molecule has 0 heterocycles. The fraction of sp³-hybridized carbons (Fsp3) is 0.400. The van der Waals surface area contributed by atoms with E-state index in [1.54, 1.807) is 26.0 Å². The van der Waals surface area contributed by atoms with Gasteiger partial charge in [-0.3, -0.25) is 9.36 Å². The van der Waals surface area contributed by atoms with Gasteiger partial charge in [-0.25, -0.2) is 0 Å². The maximum absolute atomic E-state index is 12.4. The Kier molecular flexibility index (Phi) is 6.67. The van der Waals surface area contributed by atoms with Crippen molar-refractivity contribution in [3.8, 4) is 11.8 Å². The summed E-state index contributed by atoms with van der Waals surface area (Å²) >= 11 is 0. The molecule has 0 aliphatic rings. The maximum atomic E-state index is 12.4. The van der Waals surface area contributed by atoms with Crippen LogP contribution in [0.4, 0.5) is 0 Å². The number of rotatable bonds is 6. The third kappa shape index (κ3) is 4.61. The molecule has 1 rings (SSSR count). The van der Waals surface area contributed by atoms with Gasteiger partial charge in [0.2, 0.25) is 5.78 Å². The zero-order valence-electron chi connectivity index (χ0n) is 12.0. The van der Waals surface area contributed by atoms with E-state index in [-0.39, 0.29) is 13.2 Å². The Morgan fingerprint density at radius 1 is 1.20 bits per heavy atom. The Labute approximate surface area is 120 Å². The molecule has 0 aliphatic carbocycles. The van der Waals surface area contributed by atoms with Gasteiger partial charge in [0.25, 0.3) is 0 Å². The molecule has 108 valence electrons. The molecule has 0 spiro atoms. The van der Waals surface area contributed by atoms with E-state index in [0.717, 1.165) is 5.56 Å². The normalized spacial score (nSPS) is 12.3. The number of Topliss-reactive ketones (excluding diaryl/α,β-unsaturated/α-hetero) is 1. The number of hydrogen-bond acceptors (Lipinski definition) is 4.